The van der Waals surface area contributed by atoms with Crippen molar-refractivity contribution in [3.05, 3.63) is 34.3 Å². The number of nitrogens with zero attached hydrogens (tertiary/aromatic N) is 1. The number of benzene rings is 1. The summed E-state index contributed by atoms with van der Waals surface area (Å²) >= 11 is 6.34. The molecule has 1 saturated heterocycles. The van der Waals surface area contributed by atoms with E-state index in [-0.39, 0.29) is 0 Å². The Hall–Kier alpha value is -0.570. The van der Waals surface area contributed by atoms with Crippen LogP contribution in [0.4, 0.5) is 0 Å². The van der Waals surface area contributed by atoms with Crippen molar-refractivity contribution in [3.63, 3.8) is 0 Å². The number of hydrogen-bond donors (Lipinski definition) is 1. The normalized spacial score (nSPS) is 17.1. The molecule has 0 aliphatic carbocycles. The highest BCUT2D eigenvalue weighted by Gasteiger charge is 2.16. The lowest BCUT2D eigenvalue weighted by Gasteiger charge is -2.29. The molecule has 1 heterocycles. The zero-order valence-electron chi connectivity index (χ0n) is 12.1. The van der Waals surface area contributed by atoms with E-state index in [4.69, 9.17) is 11.6 Å². The van der Waals surface area contributed by atoms with E-state index in [1.807, 2.05) is 0 Å². The predicted molar refractivity (Wildman–Crippen MR) is 82.7 cm³/mol. The van der Waals surface area contributed by atoms with Gasteiger partial charge in [-0.1, -0.05) is 30.7 Å². The van der Waals surface area contributed by atoms with Crippen molar-refractivity contribution >= 4 is 11.6 Å². The maximum absolute atomic E-state index is 6.34. The van der Waals surface area contributed by atoms with Gasteiger partial charge >= 0.3 is 0 Å². The molecule has 0 saturated carbocycles. The topological polar surface area (TPSA) is 15.3 Å². The van der Waals surface area contributed by atoms with Crippen LogP contribution >= 0.6 is 11.6 Å². The number of rotatable bonds is 5. The molecule has 1 aromatic rings. The first kappa shape index (κ1) is 14.8. The van der Waals surface area contributed by atoms with Crippen molar-refractivity contribution in [2.45, 2.75) is 33.2 Å². The summed E-state index contributed by atoms with van der Waals surface area (Å²) in [6.07, 6.45) is 2.61. The standard InChI is InChI=1S/C16H25ClN2/c1-3-19(11-14-6-8-18-9-7-14)12-15-5-4-13(2)10-16(15)17/h4-5,10,14,18H,3,6-9,11-12H2,1-2H3. The molecule has 0 spiro atoms. The molecule has 2 nitrogen and oxygen atoms in total. The Morgan fingerprint density at radius 1 is 1.32 bits per heavy atom. The lowest BCUT2D eigenvalue weighted by molar-refractivity contribution is 0.207. The maximum Gasteiger partial charge on any atom is 0.0453 e. The summed E-state index contributed by atoms with van der Waals surface area (Å²) in [5, 5.41) is 4.34. The summed E-state index contributed by atoms with van der Waals surface area (Å²) in [5.41, 5.74) is 2.48. The molecule has 0 unspecified atom stereocenters. The molecule has 0 bridgehead atoms. The van der Waals surface area contributed by atoms with Crippen molar-refractivity contribution in [2.75, 3.05) is 26.2 Å². The second-order valence-electron chi connectivity index (χ2n) is 5.62. The second-order valence-corrected chi connectivity index (χ2v) is 6.02. The molecular weight excluding hydrogens is 256 g/mol. The minimum atomic E-state index is 0.838. The summed E-state index contributed by atoms with van der Waals surface area (Å²) in [6.45, 7) is 9.93. The molecule has 1 aromatic carbocycles. The number of piperidine rings is 1. The Kier molecular flexibility index (Phi) is 5.68. The van der Waals surface area contributed by atoms with E-state index in [1.165, 1.54) is 43.6 Å². The monoisotopic (exact) mass is 280 g/mol. The fourth-order valence-corrected chi connectivity index (χ4v) is 3.05. The van der Waals surface area contributed by atoms with Crippen LogP contribution in [-0.2, 0) is 6.54 Å². The van der Waals surface area contributed by atoms with Crippen molar-refractivity contribution in [2.24, 2.45) is 5.92 Å². The first-order chi connectivity index (χ1) is 9.19. The van der Waals surface area contributed by atoms with E-state index in [1.54, 1.807) is 0 Å². The zero-order valence-corrected chi connectivity index (χ0v) is 12.8. The molecule has 106 valence electrons. The van der Waals surface area contributed by atoms with Gasteiger partial charge in [-0.3, -0.25) is 4.90 Å². The van der Waals surface area contributed by atoms with Crippen LogP contribution in [0.5, 0.6) is 0 Å². The second kappa shape index (κ2) is 7.28. The Balaban J connectivity index is 1.94. The molecule has 1 N–H and O–H groups in total. The Labute approximate surface area is 122 Å². The van der Waals surface area contributed by atoms with E-state index < -0.39 is 0 Å². The van der Waals surface area contributed by atoms with Gasteiger partial charge in [0.2, 0.25) is 0 Å². The number of hydrogen-bond acceptors (Lipinski definition) is 2. The molecule has 0 aromatic heterocycles. The van der Waals surface area contributed by atoms with Gasteiger partial charge in [0.05, 0.1) is 0 Å². The van der Waals surface area contributed by atoms with Crippen LogP contribution in [-0.4, -0.2) is 31.1 Å². The molecule has 0 amide bonds. The molecule has 1 fully saturated rings. The van der Waals surface area contributed by atoms with Crippen molar-refractivity contribution in [1.82, 2.24) is 10.2 Å². The number of nitrogens with one attached hydrogen (secondary N) is 1. The highest BCUT2D eigenvalue weighted by Crippen LogP contribution is 2.21. The van der Waals surface area contributed by atoms with Crippen LogP contribution in [0.15, 0.2) is 18.2 Å². The van der Waals surface area contributed by atoms with Crippen molar-refractivity contribution in [3.8, 4) is 0 Å². The fraction of sp³-hybridized carbons (Fsp3) is 0.625. The molecule has 0 atom stereocenters. The average molecular weight is 281 g/mol. The van der Waals surface area contributed by atoms with Crippen molar-refractivity contribution in [1.29, 1.82) is 0 Å². The van der Waals surface area contributed by atoms with Gasteiger partial charge in [-0.05, 0) is 62.5 Å². The van der Waals surface area contributed by atoms with Gasteiger partial charge in [-0.2, -0.15) is 0 Å². The van der Waals surface area contributed by atoms with E-state index in [9.17, 15) is 0 Å². The first-order valence-electron chi connectivity index (χ1n) is 7.37. The largest absolute Gasteiger partial charge is 0.317 e. The molecular formula is C16H25ClN2. The van der Waals surface area contributed by atoms with Gasteiger partial charge in [-0.25, -0.2) is 0 Å². The third-order valence-electron chi connectivity index (χ3n) is 4.02. The highest BCUT2D eigenvalue weighted by atomic mass is 35.5. The van der Waals surface area contributed by atoms with Gasteiger partial charge < -0.3 is 5.32 Å². The van der Waals surface area contributed by atoms with Crippen LogP contribution < -0.4 is 5.32 Å². The minimum Gasteiger partial charge on any atom is -0.317 e. The summed E-state index contributed by atoms with van der Waals surface area (Å²) in [6, 6.07) is 6.39. The summed E-state index contributed by atoms with van der Waals surface area (Å²) in [7, 11) is 0. The van der Waals surface area contributed by atoms with Gasteiger partial charge in [0.1, 0.15) is 0 Å². The van der Waals surface area contributed by atoms with Gasteiger partial charge in [-0.15, -0.1) is 0 Å². The van der Waals surface area contributed by atoms with Crippen LogP contribution in [0, 0.1) is 12.8 Å². The summed E-state index contributed by atoms with van der Waals surface area (Å²) < 4.78 is 0. The fourth-order valence-electron chi connectivity index (χ4n) is 2.76. The molecule has 1 aliphatic rings. The summed E-state index contributed by atoms with van der Waals surface area (Å²) in [4.78, 5) is 2.52. The number of aryl methyl sites for hydroxylation is 1. The molecule has 3 heteroatoms. The van der Waals surface area contributed by atoms with Crippen molar-refractivity contribution < 1.29 is 0 Å². The predicted octanol–water partition coefficient (Wildman–Crippen LogP) is 3.47. The Morgan fingerprint density at radius 3 is 2.68 bits per heavy atom. The zero-order chi connectivity index (χ0) is 13.7. The van der Waals surface area contributed by atoms with Gasteiger partial charge in [0.25, 0.3) is 0 Å². The first-order valence-corrected chi connectivity index (χ1v) is 7.75. The minimum absolute atomic E-state index is 0.838. The SMILES string of the molecule is CCN(Cc1ccc(C)cc1Cl)CC1CCNCC1. The quantitative estimate of drug-likeness (QED) is 0.888. The smallest absolute Gasteiger partial charge is 0.0453 e. The third-order valence-corrected chi connectivity index (χ3v) is 4.38. The van der Waals surface area contributed by atoms with Crippen LogP contribution in [0.25, 0.3) is 0 Å². The Morgan fingerprint density at radius 2 is 2.05 bits per heavy atom. The molecule has 2 rings (SSSR count). The maximum atomic E-state index is 6.34. The number of halogens is 1. The van der Waals surface area contributed by atoms with Crippen LogP contribution in [0.2, 0.25) is 5.02 Å². The van der Waals surface area contributed by atoms with Crippen LogP contribution in [0.3, 0.4) is 0 Å². The lowest BCUT2D eigenvalue weighted by atomic mass is 9.97. The average Bonchev–Trinajstić information content (AvgIpc) is 2.42. The Bertz CT molecular complexity index is 400. The van der Waals surface area contributed by atoms with E-state index >= 15 is 0 Å². The van der Waals surface area contributed by atoms with E-state index in [0.29, 0.717) is 0 Å². The summed E-state index contributed by atoms with van der Waals surface area (Å²) in [5.74, 6) is 0.838. The van der Waals surface area contributed by atoms with E-state index in [2.05, 4.69) is 42.3 Å². The third kappa shape index (κ3) is 4.48. The molecule has 19 heavy (non-hydrogen) atoms. The van der Waals surface area contributed by atoms with Crippen LogP contribution in [0.1, 0.15) is 30.9 Å². The van der Waals surface area contributed by atoms with Gasteiger partial charge in [0.15, 0.2) is 0 Å². The highest BCUT2D eigenvalue weighted by molar-refractivity contribution is 6.31. The molecule has 0 radical (unpaired) electrons. The lowest BCUT2D eigenvalue weighted by Crippen LogP contribution is -2.35. The molecule has 1 aliphatic heterocycles. The van der Waals surface area contributed by atoms with E-state index in [0.717, 1.165) is 24.0 Å². The van der Waals surface area contributed by atoms with Gasteiger partial charge in [0, 0.05) is 18.1 Å².